The number of rotatable bonds is 0. The van der Waals surface area contributed by atoms with Gasteiger partial charge >= 0.3 is 0 Å². The van der Waals surface area contributed by atoms with Crippen LogP contribution in [0.25, 0.3) is 0 Å². The summed E-state index contributed by atoms with van der Waals surface area (Å²) in [6.07, 6.45) is 0.946. The van der Waals surface area contributed by atoms with Gasteiger partial charge in [0.25, 0.3) is 0 Å². The van der Waals surface area contributed by atoms with Gasteiger partial charge in [-0.3, -0.25) is 0 Å². The summed E-state index contributed by atoms with van der Waals surface area (Å²) in [6, 6.07) is 4.88. The fraction of sp³-hybridized carbons (Fsp3) is 0.333. The van der Waals surface area contributed by atoms with Crippen LogP contribution < -0.4 is 5.73 Å². The topological polar surface area (TPSA) is 26.0 Å². The molecule has 0 aliphatic carbocycles. The molecule has 0 amide bonds. The number of benzene rings is 1. The second-order valence-electron chi connectivity index (χ2n) is 2.93. The van der Waals surface area contributed by atoms with Gasteiger partial charge in [-0.2, -0.15) is 0 Å². The summed E-state index contributed by atoms with van der Waals surface area (Å²) >= 11 is 1.75. The Hall–Kier alpha value is -0.540. The van der Waals surface area contributed by atoms with Crippen LogP contribution in [0.4, 0.5) is 4.39 Å². The van der Waals surface area contributed by atoms with Crippen LogP contribution in [0.5, 0.6) is 0 Å². The Morgan fingerprint density at radius 1 is 1.50 bits per heavy atom. The molecule has 12 heavy (non-hydrogen) atoms. The molecule has 0 fully saturated rings. The number of hydrogen-bond acceptors (Lipinski definition) is 2. The zero-order chi connectivity index (χ0) is 8.55. The third-order valence-corrected chi connectivity index (χ3v) is 3.18. The first-order valence-electron chi connectivity index (χ1n) is 3.95. The molecule has 0 saturated heterocycles. The summed E-state index contributed by atoms with van der Waals surface area (Å²) in [5.74, 6) is 0.853. The minimum Gasteiger partial charge on any atom is -0.324 e. The SMILES string of the molecule is NC1CCSc2ccc(F)cc21. The van der Waals surface area contributed by atoms with Gasteiger partial charge in [-0.25, -0.2) is 4.39 Å². The summed E-state index contributed by atoms with van der Waals surface area (Å²) in [5.41, 5.74) is 6.80. The lowest BCUT2D eigenvalue weighted by atomic mass is 10.1. The van der Waals surface area contributed by atoms with Gasteiger partial charge in [0.15, 0.2) is 0 Å². The van der Waals surface area contributed by atoms with Crippen LogP contribution in [-0.4, -0.2) is 5.75 Å². The van der Waals surface area contributed by atoms with Crippen LogP contribution in [0, 0.1) is 5.82 Å². The molecule has 2 rings (SSSR count). The predicted molar refractivity (Wildman–Crippen MR) is 48.7 cm³/mol. The molecule has 1 aliphatic heterocycles. The van der Waals surface area contributed by atoms with Crippen LogP contribution in [0.15, 0.2) is 23.1 Å². The van der Waals surface area contributed by atoms with Crippen molar-refractivity contribution in [2.75, 3.05) is 5.75 Å². The van der Waals surface area contributed by atoms with E-state index in [0.717, 1.165) is 22.6 Å². The van der Waals surface area contributed by atoms with E-state index in [1.165, 1.54) is 6.07 Å². The van der Waals surface area contributed by atoms with E-state index in [4.69, 9.17) is 5.73 Å². The van der Waals surface area contributed by atoms with Crippen molar-refractivity contribution in [3.05, 3.63) is 29.6 Å². The predicted octanol–water partition coefficient (Wildman–Crippen LogP) is 2.32. The molecular formula is C9H10FNS. The van der Waals surface area contributed by atoms with Gasteiger partial charge in [0.2, 0.25) is 0 Å². The molecule has 2 N–H and O–H groups in total. The number of nitrogens with two attached hydrogens (primary N) is 1. The Morgan fingerprint density at radius 2 is 2.33 bits per heavy atom. The molecular weight excluding hydrogens is 173 g/mol. The lowest BCUT2D eigenvalue weighted by Crippen LogP contribution is -2.15. The van der Waals surface area contributed by atoms with Crippen molar-refractivity contribution < 1.29 is 4.39 Å². The molecule has 1 atom stereocenters. The quantitative estimate of drug-likeness (QED) is 0.668. The van der Waals surface area contributed by atoms with Crippen molar-refractivity contribution in [3.8, 4) is 0 Å². The summed E-state index contributed by atoms with van der Waals surface area (Å²) < 4.78 is 12.8. The average molecular weight is 183 g/mol. The Balaban J connectivity index is 2.47. The molecule has 1 nitrogen and oxygen atoms in total. The first-order valence-corrected chi connectivity index (χ1v) is 4.94. The standard InChI is InChI=1S/C9H10FNS/c10-6-1-2-9-7(5-6)8(11)3-4-12-9/h1-2,5,8H,3-4,11H2. The lowest BCUT2D eigenvalue weighted by molar-refractivity contribution is 0.610. The highest BCUT2D eigenvalue weighted by atomic mass is 32.2. The molecule has 0 radical (unpaired) electrons. The Morgan fingerprint density at radius 3 is 3.17 bits per heavy atom. The van der Waals surface area contributed by atoms with Crippen LogP contribution in [-0.2, 0) is 0 Å². The van der Waals surface area contributed by atoms with E-state index >= 15 is 0 Å². The number of fused-ring (bicyclic) bond motifs is 1. The minimum absolute atomic E-state index is 0.0250. The highest BCUT2D eigenvalue weighted by Crippen LogP contribution is 2.34. The fourth-order valence-corrected chi connectivity index (χ4v) is 2.52. The molecule has 1 aromatic carbocycles. The van der Waals surface area contributed by atoms with Crippen molar-refractivity contribution in [1.29, 1.82) is 0 Å². The third-order valence-electron chi connectivity index (χ3n) is 2.06. The first kappa shape index (κ1) is 8.08. The van der Waals surface area contributed by atoms with Gasteiger partial charge < -0.3 is 5.73 Å². The summed E-state index contributed by atoms with van der Waals surface area (Å²) in [5, 5.41) is 0. The van der Waals surface area contributed by atoms with Crippen molar-refractivity contribution in [2.24, 2.45) is 5.73 Å². The van der Waals surface area contributed by atoms with E-state index in [9.17, 15) is 4.39 Å². The molecule has 0 aromatic heterocycles. The molecule has 0 spiro atoms. The minimum atomic E-state index is -0.188. The van der Waals surface area contributed by atoms with E-state index in [0.29, 0.717) is 0 Å². The number of halogens is 1. The highest BCUT2D eigenvalue weighted by molar-refractivity contribution is 7.99. The van der Waals surface area contributed by atoms with E-state index in [-0.39, 0.29) is 11.9 Å². The molecule has 1 aliphatic rings. The van der Waals surface area contributed by atoms with Gasteiger partial charge in [-0.05, 0) is 35.9 Å². The van der Waals surface area contributed by atoms with E-state index < -0.39 is 0 Å². The maximum atomic E-state index is 12.8. The Bertz CT molecular complexity index is 301. The molecule has 1 unspecified atom stereocenters. The largest absolute Gasteiger partial charge is 0.324 e. The lowest BCUT2D eigenvalue weighted by Gasteiger charge is -2.21. The van der Waals surface area contributed by atoms with Crippen LogP contribution in [0.1, 0.15) is 18.0 Å². The molecule has 1 aromatic rings. The van der Waals surface area contributed by atoms with Crippen molar-refractivity contribution >= 4 is 11.8 Å². The van der Waals surface area contributed by atoms with Crippen LogP contribution >= 0.6 is 11.8 Å². The average Bonchev–Trinajstić information content (AvgIpc) is 2.07. The Kier molecular flexibility index (Phi) is 2.07. The second-order valence-corrected chi connectivity index (χ2v) is 4.06. The van der Waals surface area contributed by atoms with Crippen molar-refractivity contribution in [1.82, 2.24) is 0 Å². The van der Waals surface area contributed by atoms with E-state index in [1.54, 1.807) is 17.8 Å². The van der Waals surface area contributed by atoms with E-state index in [1.807, 2.05) is 6.07 Å². The van der Waals surface area contributed by atoms with Gasteiger partial charge in [0.1, 0.15) is 5.82 Å². The molecule has 0 bridgehead atoms. The summed E-state index contributed by atoms with van der Waals surface area (Å²) in [4.78, 5) is 1.13. The zero-order valence-corrected chi connectivity index (χ0v) is 7.40. The van der Waals surface area contributed by atoms with Crippen LogP contribution in [0.3, 0.4) is 0 Å². The van der Waals surface area contributed by atoms with Crippen LogP contribution in [0.2, 0.25) is 0 Å². The van der Waals surface area contributed by atoms with Gasteiger partial charge in [-0.1, -0.05) is 0 Å². The van der Waals surface area contributed by atoms with Gasteiger partial charge in [-0.15, -0.1) is 11.8 Å². The first-order chi connectivity index (χ1) is 5.77. The zero-order valence-electron chi connectivity index (χ0n) is 6.59. The highest BCUT2D eigenvalue weighted by Gasteiger charge is 2.17. The Labute approximate surface area is 75.1 Å². The second kappa shape index (κ2) is 3.07. The molecule has 0 saturated carbocycles. The van der Waals surface area contributed by atoms with Gasteiger partial charge in [0, 0.05) is 10.9 Å². The van der Waals surface area contributed by atoms with E-state index in [2.05, 4.69) is 0 Å². The summed E-state index contributed by atoms with van der Waals surface area (Å²) in [7, 11) is 0. The maximum Gasteiger partial charge on any atom is 0.123 e. The molecule has 1 heterocycles. The monoisotopic (exact) mass is 183 g/mol. The normalized spacial score (nSPS) is 22.0. The number of thioether (sulfide) groups is 1. The smallest absolute Gasteiger partial charge is 0.123 e. The van der Waals surface area contributed by atoms with Gasteiger partial charge in [0.05, 0.1) is 0 Å². The van der Waals surface area contributed by atoms with Crippen molar-refractivity contribution in [2.45, 2.75) is 17.4 Å². The van der Waals surface area contributed by atoms with Crippen molar-refractivity contribution in [3.63, 3.8) is 0 Å². The number of hydrogen-bond donors (Lipinski definition) is 1. The summed E-state index contributed by atoms with van der Waals surface area (Å²) in [6.45, 7) is 0. The molecule has 64 valence electrons. The maximum absolute atomic E-state index is 12.8. The third kappa shape index (κ3) is 1.34. The molecule has 3 heteroatoms. The fourth-order valence-electron chi connectivity index (χ4n) is 1.39.